The molecular formula is C22H29N3O3. The topological polar surface area (TPSA) is 69.7 Å². The van der Waals surface area contributed by atoms with E-state index in [0.29, 0.717) is 17.9 Å². The summed E-state index contributed by atoms with van der Waals surface area (Å²) in [6.07, 6.45) is 7.70. The van der Waals surface area contributed by atoms with Crippen LogP contribution in [0.1, 0.15) is 55.3 Å². The SMILES string of the molecule is O=C(NCC(=O)N1CC[C@H]2CCCC[C@@H]2C1)c1ccc(N2CCCC2=O)cc1. The van der Waals surface area contributed by atoms with Crippen LogP contribution in [0.2, 0.25) is 0 Å². The normalized spacial score (nSPS) is 24.8. The van der Waals surface area contributed by atoms with Crippen molar-refractivity contribution >= 4 is 23.4 Å². The summed E-state index contributed by atoms with van der Waals surface area (Å²) >= 11 is 0. The minimum absolute atomic E-state index is 0.0108. The summed E-state index contributed by atoms with van der Waals surface area (Å²) < 4.78 is 0. The maximum atomic E-state index is 12.5. The van der Waals surface area contributed by atoms with Crippen molar-refractivity contribution in [3.05, 3.63) is 29.8 Å². The van der Waals surface area contributed by atoms with Crippen LogP contribution in [0.15, 0.2) is 24.3 Å². The van der Waals surface area contributed by atoms with Crippen molar-refractivity contribution in [2.75, 3.05) is 31.1 Å². The number of carbonyl (C=O) groups is 3. The molecule has 2 saturated heterocycles. The van der Waals surface area contributed by atoms with Gasteiger partial charge < -0.3 is 15.1 Å². The van der Waals surface area contributed by atoms with E-state index in [1.54, 1.807) is 29.2 Å². The molecule has 4 rings (SSSR count). The molecule has 150 valence electrons. The molecule has 1 aromatic rings. The number of anilines is 1. The summed E-state index contributed by atoms with van der Waals surface area (Å²) in [5.74, 6) is 1.32. The summed E-state index contributed by atoms with van der Waals surface area (Å²) in [5, 5.41) is 2.76. The average Bonchev–Trinajstić information content (AvgIpc) is 3.17. The molecule has 28 heavy (non-hydrogen) atoms. The Balaban J connectivity index is 1.28. The fourth-order valence-electron chi connectivity index (χ4n) is 4.91. The van der Waals surface area contributed by atoms with E-state index in [1.807, 2.05) is 4.90 Å². The van der Waals surface area contributed by atoms with Crippen molar-refractivity contribution in [1.29, 1.82) is 0 Å². The summed E-state index contributed by atoms with van der Waals surface area (Å²) in [7, 11) is 0. The van der Waals surface area contributed by atoms with E-state index < -0.39 is 0 Å². The third kappa shape index (κ3) is 4.05. The molecule has 0 unspecified atom stereocenters. The number of piperidine rings is 1. The first-order valence-electron chi connectivity index (χ1n) is 10.6. The molecular weight excluding hydrogens is 354 g/mol. The Morgan fingerprint density at radius 2 is 1.71 bits per heavy atom. The zero-order valence-electron chi connectivity index (χ0n) is 16.4. The Morgan fingerprint density at radius 3 is 2.43 bits per heavy atom. The minimum atomic E-state index is -0.250. The zero-order valence-corrected chi connectivity index (χ0v) is 16.4. The van der Waals surface area contributed by atoms with Gasteiger partial charge in [-0.05, 0) is 55.4 Å². The van der Waals surface area contributed by atoms with E-state index in [1.165, 1.54) is 25.7 Å². The molecule has 2 atom stereocenters. The Bertz CT molecular complexity index is 746. The van der Waals surface area contributed by atoms with Gasteiger partial charge in [-0.3, -0.25) is 14.4 Å². The maximum Gasteiger partial charge on any atom is 0.251 e. The van der Waals surface area contributed by atoms with Crippen molar-refractivity contribution in [1.82, 2.24) is 10.2 Å². The molecule has 0 radical (unpaired) electrons. The van der Waals surface area contributed by atoms with Gasteiger partial charge in [0.2, 0.25) is 11.8 Å². The molecule has 2 heterocycles. The van der Waals surface area contributed by atoms with Crippen LogP contribution in [0.25, 0.3) is 0 Å². The highest BCUT2D eigenvalue weighted by Gasteiger charge is 2.32. The molecule has 3 amide bonds. The predicted molar refractivity (Wildman–Crippen MR) is 107 cm³/mol. The van der Waals surface area contributed by atoms with Crippen LogP contribution < -0.4 is 10.2 Å². The lowest BCUT2D eigenvalue weighted by Gasteiger charge is -2.41. The van der Waals surface area contributed by atoms with Gasteiger partial charge in [0.1, 0.15) is 0 Å². The van der Waals surface area contributed by atoms with Gasteiger partial charge in [0.25, 0.3) is 5.91 Å². The lowest BCUT2D eigenvalue weighted by atomic mass is 9.75. The van der Waals surface area contributed by atoms with E-state index in [4.69, 9.17) is 0 Å². The quantitative estimate of drug-likeness (QED) is 0.869. The molecule has 1 N–H and O–H groups in total. The van der Waals surface area contributed by atoms with Crippen molar-refractivity contribution in [2.45, 2.75) is 44.9 Å². The van der Waals surface area contributed by atoms with Crippen molar-refractivity contribution in [3.63, 3.8) is 0 Å². The van der Waals surface area contributed by atoms with Crippen molar-refractivity contribution < 1.29 is 14.4 Å². The maximum absolute atomic E-state index is 12.5. The molecule has 2 aliphatic heterocycles. The summed E-state index contributed by atoms with van der Waals surface area (Å²) in [6.45, 7) is 2.44. The molecule has 6 heteroatoms. The van der Waals surface area contributed by atoms with Crippen LogP contribution in [-0.2, 0) is 9.59 Å². The fourth-order valence-corrected chi connectivity index (χ4v) is 4.91. The second-order valence-electron chi connectivity index (χ2n) is 8.31. The highest BCUT2D eigenvalue weighted by atomic mass is 16.2. The van der Waals surface area contributed by atoms with Crippen LogP contribution in [0.3, 0.4) is 0 Å². The molecule has 0 spiro atoms. The van der Waals surface area contributed by atoms with Gasteiger partial charge in [-0.25, -0.2) is 0 Å². The van der Waals surface area contributed by atoms with Gasteiger partial charge in [-0.2, -0.15) is 0 Å². The van der Waals surface area contributed by atoms with E-state index in [0.717, 1.165) is 44.1 Å². The number of likely N-dealkylation sites (tertiary alicyclic amines) is 1. The Morgan fingerprint density at radius 1 is 0.964 bits per heavy atom. The Hall–Kier alpha value is -2.37. The molecule has 6 nitrogen and oxygen atoms in total. The highest BCUT2D eigenvalue weighted by molar-refractivity contribution is 5.98. The monoisotopic (exact) mass is 383 g/mol. The number of nitrogens with zero attached hydrogens (tertiary/aromatic N) is 2. The number of fused-ring (bicyclic) bond motifs is 1. The van der Waals surface area contributed by atoms with Gasteiger partial charge in [0.05, 0.1) is 6.54 Å². The van der Waals surface area contributed by atoms with Gasteiger partial charge >= 0.3 is 0 Å². The molecule has 1 aliphatic carbocycles. The Kier molecular flexibility index (Phi) is 5.64. The third-order valence-electron chi connectivity index (χ3n) is 6.56. The molecule has 3 fully saturated rings. The first kappa shape index (κ1) is 19.0. The van der Waals surface area contributed by atoms with Gasteiger partial charge in [0, 0.05) is 37.3 Å². The number of hydrogen-bond donors (Lipinski definition) is 1. The number of benzene rings is 1. The van der Waals surface area contributed by atoms with Gasteiger partial charge in [0.15, 0.2) is 0 Å². The van der Waals surface area contributed by atoms with Gasteiger partial charge in [-0.15, -0.1) is 0 Å². The molecule has 0 bridgehead atoms. The summed E-state index contributed by atoms with van der Waals surface area (Å²) in [6, 6.07) is 7.03. The molecule has 0 aromatic heterocycles. The van der Waals surface area contributed by atoms with Crippen LogP contribution in [0.4, 0.5) is 5.69 Å². The lowest BCUT2D eigenvalue weighted by molar-refractivity contribution is -0.133. The van der Waals surface area contributed by atoms with Crippen molar-refractivity contribution in [2.24, 2.45) is 11.8 Å². The molecule has 1 aromatic carbocycles. The number of carbonyl (C=O) groups excluding carboxylic acids is 3. The number of rotatable bonds is 4. The number of amides is 3. The Labute approximate surface area is 166 Å². The van der Waals surface area contributed by atoms with Crippen molar-refractivity contribution in [3.8, 4) is 0 Å². The zero-order chi connectivity index (χ0) is 19.5. The average molecular weight is 383 g/mol. The number of hydrogen-bond acceptors (Lipinski definition) is 3. The van der Waals surface area contributed by atoms with Crippen LogP contribution >= 0.6 is 0 Å². The first-order chi connectivity index (χ1) is 13.6. The van der Waals surface area contributed by atoms with Crippen LogP contribution in [0.5, 0.6) is 0 Å². The lowest BCUT2D eigenvalue weighted by Crippen LogP contribution is -2.48. The predicted octanol–water partition coefficient (Wildman–Crippen LogP) is 2.58. The van der Waals surface area contributed by atoms with E-state index >= 15 is 0 Å². The largest absolute Gasteiger partial charge is 0.343 e. The van der Waals surface area contributed by atoms with Crippen LogP contribution in [-0.4, -0.2) is 48.8 Å². The summed E-state index contributed by atoms with van der Waals surface area (Å²) in [4.78, 5) is 40.4. The fraction of sp³-hybridized carbons (Fsp3) is 0.591. The van der Waals surface area contributed by atoms with Crippen LogP contribution in [0, 0.1) is 11.8 Å². The van der Waals surface area contributed by atoms with Gasteiger partial charge in [-0.1, -0.05) is 19.3 Å². The van der Waals surface area contributed by atoms with E-state index in [2.05, 4.69) is 5.32 Å². The van der Waals surface area contributed by atoms with E-state index in [-0.39, 0.29) is 24.3 Å². The molecule has 1 saturated carbocycles. The first-order valence-corrected chi connectivity index (χ1v) is 10.6. The number of nitrogens with one attached hydrogen (secondary N) is 1. The second-order valence-corrected chi connectivity index (χ2v) is 8.31. The second kappa shape index (κ2) is 8.33. The highest BCUT2D eigenvalue weighted by Crippen LogP contribution is 2.36. The third-order valence-corrected chi connectivity index (χ3v) is 6.56. The molecule has 3 aliphatic rings. The minimum Gasteiger partial charge on any atom is -0.343 e. The smallest absolute Gasteiger partial charge is 0.251 e. The standard InChI is InChI=1S/C22H29N3O3/c26-20-6-3-12-25(20)19-9-7-17(8-10-19)22(28)23-14-21(27)24-13-11-16-4-1-2-5-18(16)15-24/h7-10,16,18H,1-6,11-15H2,(H,23,28)/t16-,18-/m1/s1. The summed E-state index contributed by atoms with van der Waals surface area (Å²) in [5.41, 5.74) is 1.33. The van der Waals surface area contributed by atoms with E-state index in [9.17, 15) is 14.4 Å².